The van der Waals surface area contributed by atoms with Crippen LogP contribution in [0.5, 0.6) is 5.88 Å². The Hall–Kier alpha value is -2.83. The zero-order valence-electron chi connectivity index (χ0n) is 14.4. The first-order valence-corrected chi connectivity index (χ1v) is 8.61. The Labute approximate surface area is 153 Å². The number of hydrogen-bond donors (Lipinski definition) is 2. The van der Waals surface area contributed by atoms with E-state index >= 15 is 0 Å². The first-order chi connectivity index (χ1) is 12.5. The molecule has 1 aliphatic rings. The standard InChI is InChI=1S/C19H20BN3O3/c20-13-4-1-3-12(11-13)18(25)23-14-6-8-15(9-7-14)26-19-16(17(21)24)5-2-10-22-19/h1-5,10-11,14-15H,6-9H2,(H2,21,24)(H,23,25). The number of ether oxygens (including phenoxy) is 1. The summed E-state index contributed by atoms with van der Waals surface area (Å²) >= 11 is 0. The molecule has 7 heteroatoms. The summed E-state index contributed by atoms with van der Waals surface area (Å²) in [5.74, 6) is -0.411. The van der Waals surface area contributed by atoms with Gasteiger partial charge >= 0.3 is 0 Å². The number of aromatic nitrogens is 1. The van der Waals surface area contributed by atoms with Crippen molar-refractivity contribution in [3.05, 3.63) is 53.7 Å². The van der Waals surface area contributed by atoms with E-state index in [1.807, 2.05) is 0 Å². The number of carbonyl (C=O) groups is 2. The number of nitrogens with two attached hydrogens (primary N) is 1. The van der Waals surface area contributed by atoms with Gasteiger partial charge in [-0.05, 0) is 43.9 Å². The van der Waals surface area contributed by atoms with Gasteiger partial charge in [-0.25, -0.2) is 4.98 Å². The maximum absolute atomic E-state index is 12.3. The van der Waals surface area contributed by atoms with Gasteiger partial charge in [-0.15, -0.1) is 0 Å². The molecule has 3 N–H and O–H groups in total. The third-order valence-electron chi connectivity index (χ3n) is 4.47. The SMILES string of the molecule is [B]c1cccc(C(=O)NC2CCC(Oc3ncccc3C(N)=O)CC2)c1. The van der Waals surface area contributed by atoms with E-state index in [0.29, 0.717) is 11.0 Å². The summed E-state index contributed by atoms with van der Waals surface area (Å²) in [6, 6.07) is 10.2. The van der Waals surface area contributed by atoms with Crippen molar-refractivity contribution in [2.24, 2.45) is 5.73 Å². The molecule has 1 saturated carbocycles. The fraction of sp³-hybridized carbons (Fsp3) is 0.316. The van der Waals surface area contributed by atoms with Gasteiger partial charge < -0.3 is 15.8 Å². The normalized spacial score (nSPS) is 19.5. The Kier molecular flexibility index (Phi) is 5.56. The molecule has 0 saturated heterocycles. The Morgan fingerprint density at radius 3 is 2.62 bits per heavy atom. The maximum Gasteiger partial charge on any atom is 0.254 e. The van der Waals surface area contributed by atoms with Crippen molar-refractivity contribution in [2.75, 3.05) is 0 Å². The van der Waals surface area contributed by atoms with Crippen molar-refractivity contribution >= 4 is 25.1 Å². The van der Waals surface area contributed by atoms with E-state index in [1.54, 1.807) is 42.6 Å². The molecular weight excluding hydrogens is 329 g/mol. The first kappa shape index (κ1) is 18.0. The van der Waals surface area contributed by atoms with Crippen LogP contribution in [0.15, 0.2) is 42.6 Å². The van der Waals surface area contributed by atoms with Crippen molar-refractivity contribution in [1.29, 1.82) is 0 Å². The summed E-state index contributed by atoms with van der Waals surface area (Å²) in [7, 11) is 5.72. The third kappa shape index (κ3) is 4.42. The summed E-state index contributed by atoms with van der Waals surface area (Å²) in [6.45, 7) is 0. The lowest BCUT2D eigenvalue weighted by Gasteiger charge is -2.29. The largest absolute Gasteiger partial charge is 0.474 e. The molecule has 0 aliphatic heterocycles. The van der Waals surface area contributed by atoms with Gasteiger partial charge in [0.1, 0.15) is 19.5 Å². The molecule has 3 rings (SSSR count). The van der Waals surface area contributed by atoms with Crippen LogP contribution in [0.2, 0.25) is 0 Å². The molecule has 132 valence electrons. The van der Waals surface area contributed by atoms with Gasteiger partial charge in [0, 0.05) is 17.8 Å². The lowest BCUT2D eigenvalue weighted by Crippen LogP contribution is -2.40. The lowest BCUT2D eigenvalue weighted by atomic mass is 9.92. The number of nitrogens with one attached hydrogen (secondary N) is 1. The number of amides is 2. The molecule has 1 fully saturated rings. The molecule has 6 nitrogen and oxygen atoms in total. The highest BCUT2D eigenvalue weighted by Crippen LogP contribution is 2.24. The highest BCUT2D eigenvalue weighted by atomic mass is 16.5. The molecule has 2 amide bonds. The van der Waals surface area contributed by atoms with E-state index in [9.17, 15) is 9.59 Å². The molecule has 0 unspecified atom stereocenters. The van der Waals surface area contributed by atoms with E-state index in [0.717, 1.165) is 25.7 Å². The minimum atomic E-state index is -0.559. The molecule has 2 aromatic rings. The lowest BCUT2D eigenvalue weighted by molar-refractivity contribution is 0.0881. The van der Waals surface area contributed by atoms with Crippen LogP contribution < -0.4 is 21.3 Å². The topological polar surface area (TPSA) is 94.3 Å². The van der Waals surface area contributed by atoms with Crippen molar-refractivity contribution in [3.63, 3.8) is 0 Å². The van der Waals surface area contributed by atoms with Crippen LogP contribution in [0, 0.1) is 0 Å². The van der Waals surface area contributed by atoms with E-state index in [-0.39, 0.29) is 29.5 Å². The maximum atomic E-state index is 12.3. The number of carbonyl (C=O) groups excluding carboxylic acids is 2. The van der Waals surface area contributed by atoms with E-state index in [2.05, 4.69) is 10.3 Å². The molecule has 0 bridgehead atoms. The van der Waals surface area contributed by atoms with Gasteiger partial charge in [-0.2, -0.15) is 0 Å². The number of hydrogen-bond acceptors (Lipinski definition) is 4. The van der Waals surface area contributed by atoms with Crippen molar-refractivity contribution < 1.29 is 14.3 Å². The average molecular weight is 349 g/mol. The molecular formula is C19H20BN3O3. The second-order valence-electron chi connectivity index (χ2n) is 6.41. The summed E-state index contributed by atoms with van der Waals surface area (Å²) in [5, 5.41) is 3.04. The summed E-state index contributed by atoms with van der Waals surface area (Å²) in [4.78, 5) is 27.8. The van der Waals surface area contributed by atoms with Crippen LogP contribution in [0.4, 0.5) is 0 Å². The fourth-order valence-corrected chi connectivity index (χ4v) is 3.10. The van der Waals surface area contributed by atoms with Crippen molar-refractivity contribution in [1.82, 2.24) is 10.3 Å². The van der Waals surface area contributed by atoms with Crippen molar-refractivity contribution in [2.45, 2.75) is 37.8 Å². The Morgan fingerprint density at radius 1 is 1.15 bits per heavy atom. The highest BCUT2D eigenvalue weighted by molar-refractivity contribution is 6.32. The molecule has 2 radical (unpaired) electrons. The minimum Gasteiger partial charge on any atom is -0.474 e. The number of pyridine rings is 1. The van der Waals surface area contributed by atoms with Crippen LogP contribution in [-0.4, -0.2) is 36.8 Å². The zero-order valence-corrected chi connectivity index (χ0v) is 14.4. The molecule has 26 heavy (non-hydrogen) atoms. The van der Waals surface area contributed by atoms with Gasteiger partial charge in [-0.1, -0.05) is 23.7 Å². The quantitative estimate of drug-likeness (QED) is 0.791. The minimum absolute atomic E-state index is 0.0523. The Morgan fingerprint density at radius 2 is 1.92 bits per heavy atom. The zero-order chi connectivity index (χ0) is 18.5. The number of primary amides is 1. The van der Waals surface area contributed by atoms with Gasteiger partial charge in [-0.3, -0.25) is 9.59 Å². The number of nitrogens with zero attached hydrogens (tertiary/aromatic N) is 1. The second kappa shape index (κ2) is 8.04. The third-order valence-corrected chi connectivity index (χ3v) is 4.47. The van der Waals surface area contributed by atoms with Crippen LogP contribution >= 0.6 is 0 Å². The van der Waals surface area contributed by atoms with Crippen molar-refractivity contribution in [3.8, 4) is 5.88 Å². The van der Waals surface area contributed by atoms with Gasteiger partial charge in [0.2, 0.25) is 5.88 Å². The summed E-state index contributed by atoms with van der Waals surface area (Å²) in [6.07, 6.45) is 4.62. The molecule has 0 atom stereocenters. The molecule has 1 aliphatic carbocycles. The molecule has 1 aromatic carbocycles. The molecule has 1 aromatic heterocycles. The van der Waals surface area contributed by atoms with E-state index in [1.165, 1.54) is 0 Å². The van der Waals surface area contributed by atoms with E-state index < -0.39 is 5.91 Å². The highest BCUT2D eigenvalue weighted by Gasteiger charge is 2.25. The Bertz CT molecular complexity index is 804. The van der Waals surface area contributed by atoms with E-state index in [4.69, 9.17) is 18.3 Å². The number of benzene rings is 1. The summed E-state index contributed by atoms with van der Waals surface area (Å²) < 4.78 is 5.86. The van der Waals surface area contributed by atoms with Gasteiger partial charge in [0.15, 0.2) is 0 Å². The van der Waals surface area contributed by atoms with Gasteiger partial charge in [0.05, 0.1) is 0 Å². The Balaban J connectivity index is 1.53. The predicted molar refractivity (Wildman–Crippen MR) is 98.7 cm³/mol. The summed E-state index contributed by atoms with van der Waals surface area (Å²) in [5.41, 5.74) is 6.75. The van der Waals surface area contributed by atoms with Crippen LogP contribution in [0.25, 0.3) is 0 Å². The fourth-order valence-electron chi connectivity index (χ4n) is 3.10. The van der Waals surface area contributed by atoms with Crippen LogP contribution in [-0.2, 0) is 0 Å². The predicted octanol–water partition coefficient (Wildman–Crippen LogP) is 1.09. The van der Waals surface area contributed by atoms with Crippen LogP contribution in [0.1, 0.15) is 46.4 Å². The average Bonchev–Trinajstić information content (AvgIpc) is 2.63. The smallest absolute Gasteiger partial charge is 0.254 e. The van der Waals surface area contributed by atoms with Crippen LogP contribution in [0.3, 0.4) is 0 Å². The second-order valence-corrected chi connectivity index (χ2v) is 6.41. The monoisotopic (exact) mass is 349 g/mol. The van der Waals surface area contributed by atoms with Gasteiger partial charge in [0.25, 0.3) is 11.8 Å². The molecule has 1 heterocycles. The first-order valence-electron chi connectivity index (χ1n) is 8.61. The molecule has 0 spiro atoms. The number of rotatable bonds is 5.